The van der Waals surface area contributed by atoms with Gasteiger partial charge in [0.25, 0.3) is 0 Å². The molecule has 0 amide bonds. The van der Waals surface area contributed by atoms with Crippen molar-refractivity contribution in [1.29, 1.82) is 0 Å². The van der Waals surface area contributed by atoms with Gasteiger partial charge in [-0.3, -0.25) is 4.98 Å². The van der Waals surface area contributed by atoms with Crippen molar-refractivity contribution in [1.82, 2.24) is 4.98 Å². The van der Waals surface area contributed by atoms with Crippen LogP contribution < -0.4 is 4.74 Å². The maximum absolute atomic E-state index is 5.67. The molecule has 0 atom stereocenters. The Morgan fingerprint density at radius 1 is 1.06 bits per heavy atom. The number of pyridine rings is 1. The van der Waals surface area contributed by atoms with Gasteiger partial charge < -0.3 is 4.74 Å². The Balaban J connectivity index is 2.00. The fourth-order valence-electron chi connectivity index (χ4n) is 1.82. The number of hydrogen-bond donors (Lipinski definition) is 0. The van der Waals surface area contributed by atoms with Crippen molar-refractivity contribution in [3.05, 3.63) is 24.0 Å². The Hall–Kier alpha value is -0.760. The van der Waals surface area contributed by atoms with Gasteiger partial charge in [-0.25, -0.2) is 0 Å². The van der Waals surface area contributed by atoms with E-state index >= 15 is 0 Å². The molecule has 0 aliphatic rings. The molecule has 0 N–H and O–H groups in total. The van der Waals surface area contributed by atoms with E-state index in [-0.39, 0.29) is 0 Å². The van der Waals surface area contributed by atoms with Gasteiger partial charge in [0.1, 0.15) is 5.75 Å². The lowest BCUT2D eigenvalue weighted by molar-refractivity contribution is 0.303. The first-order valence-corrected chi connectivity index (χ1v) is 7.54. The second kappa shape index (κ2) is 10.2. The summed E-state index contributed by atoms with van der Waals surface area (Å²) in [7, 11) is 0. The number of ether oxygens (including phenoxy) is 1. The molecule has 0 bridgehead atoms. The van der Waals surface area contributed by atoms with E-state index in [0.717, 1.165) is 24.5 Å². The number of alkyl halides is 1. The summed E-state index contributed by atoms with van der Waals surface area (Å²) in [6.45, 7) is 3.03. The van der Waals surface area contributed by atoms with Crippen molar-refractivity contribution < 1.29 is 4.74 Å². The van der Waals surface area contributed by atoms with E-state index in [2.05, 4.69) is 11.9 Å². The third-order valence-corrected chi connectivity index (χ3v) is 3.22. The molecule has 0 aliphatic carbocycles. The summed E-state index contributed by atoms with van der Waals surface area (Å²) >= 11 is 5.67. The molecule has 0 spiro atoms. The lowest BCUT2D eigenvalue weighted by Crippen LogP contribution is -1.98. The van der Waals surface area contributed by atoms with Gasteiger partial charge in [0.15, 0.2) is 0 Å². The van der Waals surface area contributed by atoms with Crippen LogP contribution in [0, 0.1) is 0 Å². The third kappa shape index (κ3) is 6.85. The second-order valence-corrected chi connectivity index (χ2v) is 4.86. The Morgan fingerprint density at radius 3 is 2.39 bits per heavy atom. The van der Waals surface area contributed by atoms with Crippen LogP contribution in [-0.4, -0.2) is 11.6 Å². The van der Waals surface area contributed by atoms with Gasteiger partial charge in [-0.15, -0.1) is 11.6 Å². The number of aromatic nitrogens is 1. The molecule has 0 aliphatic heterocycles. The molecule has 0 radical (unpaired) electrons. The predicted molar refractivity (Wildman–Crippen MR) is 77.3 cm³/mol. The van der Waals surface area contributed by atoms with Crippen LogP contribution in [0.4, 0.5) is 0 Å². The number of unbranched alkanes of at least 4 members (excludes halogenated alkanes) is 6. The highest BCUT2D eigenvalue weighted by Crippen LogP contribution is 2.12. The summed E-state index contributed by atoms with van der Waals surface area (Å²) in [6.07, 6.45) is 10.9. The summed E-state index contributed by atoms with van der Waals surface area (Å²) in [5.74, 6) is 1.30. The van der Waals surface area contributed by atoms with Gasteiger partial charge in [0, 0.05) is 0 Å². The molecule has 3 heteroatoms. The normalized spacial score (nSPS) is 10.6. The third-order valence-electron chi connectivity index (χ3n) is 2.95. The molecule has 0 saturated heterocycles. The standard InChI is InChI=1S/C15H24ClNO/c1-2-3-4-5-6-7-8-11-18-15-10-9-14(12-16)17-13-15/h9-10,13H,2-8,11-12H2,1H3. The highest BCUT2D eigenvalue weighted by atomic mass is 35.5. The van der Waals surface area contributed by atoms with E-state index in [9.17, 15) is 0 Å². The van der Waals surface area contributed by atoms with Crippen LogP contribution in [0.2, 0.25) is 0 Å². The van der Waals surface area contributed by atoms with Crippen molar-refractivity contribution in [3.63, 3.8) is 0 Å². The van der Waals surface area contributed by atoms with E-state index in [1.807, 2.05) is 12.1 Å². The largest absolute Gasteiger partial charge is 0.492 e. The molecule has 0 unspecified atom stereocenters. The number of halogens is 1. The molecular weight excluding hydrogens is 246 g/mol. The summed E-state index contributed by atoms with van der Waals surface area (Å²) in [4.78, 5) is 4.19. The van der Waals surface area contributed by atoms with Crippen LogP contribution in [0.25, 0.3) is 0 Å². The maximum atomic E-state index is 5.67. The molecule has 1 heterocycles. The first-order valence-electron chi connectivity index (χ1n) is 7.00. The lowest BCUT2D eigenvalue weighted by atomic mass is 10.1. The SMILES string of the molecule is CCCCCCCCCOc1ccc(CCl)nc1. The van der Waals surface area contributed by atoms with E-state index in [1.54, 1.807) is 6.20 Å². The average Bonchev–Trinajstić information content (AvgIpc) is 2.42. The second-order valence-electron chi connectivity index (χ2n) is 4.59. The van der Waals surface area contributed by atoms with Crippen molar-refractivity contribution in [2.75, 3.05) is 6.61 Å². The zero-order valence-corrected chi connectivity index (χ0v) is 12.1. The highest BCUT2D eigenvalue weighted by molar-refractivity contribution is 6.16. The van der Waals surface area contributed by atoms with Gasteiger partial charge in [-0.1, -0.05) is 45.4 Å². The van der Waals surface area contributed by atoms with Crippen molar-refractivity contribution >= 4 is 11.6 Å². The van der Waals surface area contributed by atoms with Crippen molar-refractivity contribution in [2.45, 2.75) is 57.7 Å². The molecule has 18 heavy (non-hydrogen) atoms. The van der Waals surface area contributed by atoms with Crippen molar-refractivity contribution in [3.8, 4) is 5.75 Å². The maximum Gasteiger partial charge on any atom is 0.137 e. The first kappa shape index (κ1) is 15.3. The summed E-state index contributed by atoms with van der Waals surface area (Å²) in [5, 5.41) is 0. The highest BCUT2D eigenvalue weighted by Gasteiger charge is 1.96. The topological polar surface area (TPSA) is 22.1 Å². The Bertz CT molecular complexity index is 300. The van der Waals surface area contributed by atoms with E-state index < -0.39 is 0 Å². The van der Waals surface area contributed by atoms with E-state index in [4.69, 9.17) is 16.3 Å². The first-order chi connectivity index (χ1) is 8.86. The zero-order valence-electron chi connectivity index (χ0n) is 11.3. The summed E-state index contributed by atoms with van der Waals surface area (Å²) < 4.78 is 5.63. The van der Waals surface area contributed by atoms with E-state index in [1.165, 1.54) is 38.5 Å². The molecule has 0 fully saturated rings. The van der Waals surface area contributed by atoms with Crippen LogP contribution in [0.3, 0.4) is 0 Å². The average molecular weight is 270 g/mol. The molecule has 1 aromatic rings. The minimum absolute atomic E-state index is 0.456. The van der Waals surface area contributed by atoms with Crippen LogP contribution in [0.1, 0.15) is 57.6 Å². The van der Waals surface area contributed by atoms with Crippen LogP contribution in [0.5, 0.6) is 5.75 Å². The zero-order chi connectivity index (χ0) is 13.1. The van der Waals surface area contributed by atoms with Gasteiger partial charge in [0.2, 0.25) is 0 Å². The molecule has 1 rings (SSSR count). The van der Waals surface area contributed by atoms with Crippen LogP contribution >= 0.6 is 11.6 Å². The molecule has 0 saturated carbocycles. The number of rotatable bonds is 10. The quantitative estimate of drug-likeness (QED) is 0.443. The minimum Gasteiger partial charge on any atom is -0.492 e. The van der Waals surface area contributed by atoms with Crippen LogP contribution in [0.15, 0.2) is 18.3 Å². The Morgan fingerprint density at radius 2 is 1.78 bits per heavy atom. The minimum atomic E-state index is 0.456. The van der Waals surface area contributed by atoms with Crippen LogP contribution in [-0.2, 0) is 5.88 Å². The van der Waals surface area contributed by atoms with Gasteiger partial charge in [0.05, 0.1) is 24.4 Å². The van der Waals surface area contributed by atoms with E-state index in [0.29, 0.717) is 5.88 Å². The van der Waals surface area contributed by atoms with Crippen molar-refractivity contribution in [2.24, 2.45) is 0 Å². The monoisotopic (exact) mass is 269 g/mol. The summed E-state index contributed by atoms with van der Waals surface area (Å²) in [5.41, 5.74) is 0.889. The molecule has 0 aromatic carbocycles. The molecule has 102 valence electrons. The molecular formula is C15H24ClNO. The van der Waals surface area contributed by atoms with Gasteiger partial charge >= 0.3 is 0 Å². The van der Waals surface area contributed by atoms with Gasteiger partial charge in [-0.05, 0) is 18.6 Å². The lowest BCUT2D eigenvalue weighted by Gasteiger charge is -2.06. The Labute approximate surface area is 116 Å². The number of nitrogens with zero attached hydrogens (tertiary/aromatic N) is 1. The van der Waals surface area contributed by atoms with Gasteiger partial charge in [-0.2, -0.15) is 0 Å². The molecule has 1 aromatic heterocycles. The predicted octanol–water partition coefficient (Wildman–Crippen LogP) is 4.95. The number of hydrogen-bond acceptors (Lipinski definition) is 2. The smallest absolute Gasteiger partial charge is 0.137 e. The fraction of sp³-hybridized carbons (Fsp3) is 0.667. The Kier molecular flexibility index (Phi) is 8.66. The fourth-order valence-corrected chi connectivity index (χ4v) is 1.98. The summed E-state index contributed by atoms with van der Waals surface area (Å²) in [6, 6.07) is 3.85. The molecule has 2 nitrogen and oxygen atoms in total.